The van der Waals surface area contributed by atoms with Crippen molar-refractivity contribution in [3.63, 3.8) is 0 Å². The number of hydrogen-bond donors (Lipinski definition) is 2. The van der Waals surface area contributed by atoms with Crippen molar-refractivity contribution < 1.29 is 13.0 Å². The largest absolute Gasteiger partial charge is 0.494 e. The summed E-state index contributed by atoms with van der Waals surface area (Å²) in [5, 5.41) is 3.75. The van der Waals surface area contributed by atoms with Crippen molar-refractivity contribution in [3.05, 3.63) is 54.9 Å². The van der Waals surface area contributed by atoms with Crippen LogP contribution in [-0.2, 0) is 6.98 Å². The molecule has 8 heteroatoms. The van der Waals surface area contributed by atoms with Gasteiger partial charge in [-0.15, -0.1) is 0 Å². The predicted octanol–water partition coefficient (Wildman–Crippen LogP) is 3.97. The van der Waals surface area contributed by atoms with Gasteiger partial charge >= 0.3 is 0 Å². The number of benzene rings is 2. The molecule has 172 valence electrons. The van der Waals surface area contributed by atoms with Crippen molar-refractivity contribution >= 4 is 33.9 Å². The number of likely N-dealkylation sites (N-methyl/N-ethyl adjacent to an activating group) is 2. The van der Waals surface area contributed by atoms with Gasteiger partial charge in [0, 0.05) is 66.2 Å². The van der Waals surface area contributed by atoms with Crippen LogP contribution >= 0.6 is 0 Å². The smallest absolute Gasteiger partial charge is 0.227 e. The monoisotopic (exact) mass is 451 g/mol. The molecule has 0 saturated heterocycles. The first kappa shape index (κ1) is 15.9. The second-order valence-electron chi connectivity index (χ2n) is 8.05. The molecule has 4 rings (SSSR count). The van der Waals surface area contributed by atoms with Crippen LogP contribution in [-0.4, -0.2) is 60.7 Å². The highest BCUT2D eigenvalue weighted by Gasteiger charge is 2.15. The van der Waals surface area contributed by atoms with Crippen molar-refractivity contribution in [2.45, 2.75) is 0 Å². The quantitative estimate of drug-likeness (QED) is 0.392. The Hall–Kier alpha value is -3.78. The molecule has 0 unspecified atom stereocenters. The van der Waals surface area contributed by atoms with E-state index in [1.165, 1.54) is 10.8 Å². The molecule has 33 heavy (non-hydrogen) atoms. The third-order valence-corrected chi connectivity index (χ3v) is 5.42. The van der Waals surface area contributed by atoms with Gasteiger partial charge in [0.25, 0.3) is 0 Å². The molecule has 0 radical (unpaired) electrons. The highest BCUT2D eigenvalue weighted by Crippen LogP contribution is 2.36. The van der Waals surface area contributed by atoms with Gasteiger partial charge in [0.05, 0.1) is 33.9 Å². The number of fused-ring (bicyclic) bond motifs is 1. The Balaban J connectivity index is 1.72. The maximum absolute atomic E-state index is 7.91. The zero-order chi connectivity index (χ0) is 28.5. The van der Waals surface area contributed by atoms with E-state index in [0.717, 1.165) is 11.9 Å². The Morgan fingerprint density at radius 2 is 2.00 bits per heavy atom. The minimum Gasteiger partial charge on any atom is -0.494 e. The summed E-state index contributed by atoms with van der Waals surface area (Å²) in [5.74, 6) is 0.214. The normalized spacial score (nSPS) is 14.7. The van der Waals surface area contributed by atoms with Crippen LogP contribution in [0.25, 0.3) is 22.2 Å². The van der Waals surface area contributed by atoms with E-state index < -0.39 is 14.0 Å². The molecule has 2 heterocycles. The fraction of sp³-hybridized carbons (Fsp3) is 0.280. The number of aromatic nitrogens is 3. The number of para-hydroxylation sites is 1. The Morgan fingerprint density at radius 3 is 2.79 bits per heavy atom. The zero-order valence-electron chi connectivity index (χ0n) is 24.8. The number of rotatable bonds is 8. The van der Waals surface area contributed by atoms with Gasteiger partial charge in [-0.25, -0.2) is 9.97 Å². The summed E-state index contributed by atoms with van der Waals surface area (Å²) in [6.07, 6.45) is 3.08. The number of anilines is 4. The molecule has 0 bridgehead atoms. The van der Waals surface area contributed by atoms with E-state index in [1.54, 1.807) is 36.5 Å². The molecular formula is C25H31N7O. The van der Waals surface area contributed by atoms with Crippen LogP contribution in [0.2, 0.25) is 0 Å². The number of methoxy groups -OCH3 is 1. The third-order valence-electron chi connectivity index (χ3n) is 5.42. The second kappa shape index (κ2) is 9.38. The summed E-state index contributed by atoms with van der Waals surface area (Å²) in [6.45, 7) is -0.942. The lowest BCUT2D eigenvalue weighted by atomic mass is 10.1. The van der Waals surface area contributed by atoms with Gasteiger partial charge < -0.3 is 30.2 Å². The van der Waals surface area contributed by atoms with Crippen molar-refractivity contribution in [3.8, 4) is 17.0 Å². The molecule has 0 amide bonds. The van der Waals surface area contributed by atoms with Gasteiger partial charge in [0.1, 0.15) is 5.75 Å². The summed E-state index contributed by atoms with van der Waals surface area (Å²) in [6, 6.07) is 12.0. The van der Waals surface area contributed by atoms with Crippen molar-refractivity contribution in [2.75, 3.05) is 57.2 Å². The minimum absolute atomic E-state index is 0.0592. The Labute approximate surface area is 203 Å². The highest BCUT2D eigenvalue weighted by atomic mass is 16.5. The number of nitrogens with two attached hydrogens (primary N) is 1. The number of nitrogens with one attached hydrogen (secondary N) is 1. The summed E-state index contributed by atoms with van der Waals surface area (Å²) in [4.78, 5) is 12.8. The molecule has 2 aromatic heterocycles. The van der Waals surface area contributed by atoms with Crippen LogP contribution in [0.5, 0.6) is 5.75 Å². The van der Waals surface area contributed by atoms with Crippen molar-refractivity contribution in [1.82, 2.24) is 19.4 Å². The second-order valence-corrected chi connectivity index (χ2v) is 8.05. The number of aryl methyl sites for hydroxylation is 1. The fourth-order valence-corrected chi connectivity index (χ4v) is 3.64. The van der Waals surface area contributed by atoms with Gasteiger partial charge in [-0.1, -0.05) is 18.2 Å². The van der Waals surface area contributed by atoms with Crippen LogP contribution in [0.3, 0.4) is 0 Å². The first-order valence-corrected chi connectivity index (χ1v) is 10.4. The average Bonchev–Trinajstić information content (AvgIpc) is 3.24. The summed E-state index contributed by atoms with van der Waals surface area (Å²) < 4.78 is 53.2. The molecule has 0 aliphatic carbocycles. The molecule has 0 fully saturated rings. The van der Waals surface area contributed by atoms with Gasteiger partial charge in [0.2, 0.25) is 5.95 Å². The van der Waals surface area contributed by atoms with Crippen LogP contribution in [0.4, 0.5) is 23.0 Å². The fourth-order valence-electron chi connectivity index (χ4n) is 3.64. The average molecular weight is 452 g/mol. The number of ether oxygens (including phenoxy) is 1. The maximum atomic E-state index is 7.91. The van der Waals surface area contributed by atoms with Crippen LogP contribution in [0, 0.1) is 0 Å². The van der Waals surface area contributed by atoms with Gasteiger partial charge in [-0.2, -0.15) is 0 Å². The summed E-state index contributed by atoms with van der Waals surface area (Å²) in [7, 11) is 3.08. The van der Waals surface area contributed by atoms with E-state index in [9.17, 15) is 0 Å². The van der Waals surface area contributed by atoms with E-state index in [-0.39, 0.29) is 17.4 Å². The Bertz CT molecular complexity index is 1470. The third kappa shape index (κ3) is 4.70. The molecule has 0 saturated carbocycles. The molecule has 0 spiro atoms. The molecule has 0 atom stereocenters. The summed E-state index contributed by atoms with van der Waals surface area (Å²) in [5.41, 5.74) is 9.31. The molecule has 3 N–H and O–H groups in total. The molecule has 0 aliphatic heterocycles. The van der Waals surface area contributed by atoms with E-state index in [1.807, 2.05) is 43.1 Å². The van der Waals surface area contributed by atoms with Gasteiger partial charge in [-0.3, -0.25) is 0 Å². The first-order chi connectivity index (χ1) is 18.2. The van der Waals surface area contributed by atoms with E-state index in [0.29, 0.717) is 34.7 Å². The van der Waals surface area contributed by atoms with Crippen molar-refractivity contribution in [2.24, 2.45) is 6.98 Å². The summed E-state index contributed by atoms with van der Waals surface area (Å²) >= 11 is 0. The first-order valence-electron chi connectivity index (χ1n) is 13.4. The topological polar surface area (TPSA) is 84.5 Å². The number of hydrogen-bond acceptors (Lipinski definition) is 7. The standard InChI is InChI=1S/C25H31N7O/c1-30(2)12-13-31(3)23-15-24(33-5)21(14-19(23)26)29-25-27-11-10-20(28-25)18-16-32(4)22-9-7-6-8-17(18)22/h6-11,14-16H,12-13,26H2,1-5H3,(H,27,28,29)/i4D3,5D3. The van der Waals surface area contributed by atoms with E-state index in [2.05, 4.69) is 15.3 Å². The van der Waals surface area contributed by atoms with Gasteiger partial charge in [-0.05, 0) is 32.3 Å². The predicted molar refractivity (Wildman–Crippen MR) is 136 cm³/mol. The zero-order valence-corrected chi connectivity index (χ0v) is 18.8. The molecule has 4 aromatic rings. The lowest BCUT2D eigenvalue weighted by Gasteiger charge is -2.24. The van der Waals surface area contributed by atoms with Crippen molar-refractivity contribution in [1.29, 1.82) is 0 Å². The number of nitrogens with zero attached hydrogens (tertiary/aromatic N) is 5. The lowest BCUT2D eigenvalue weighted by molar-refractivity contribution is 0.413. The molecule has 2 aromatic carbocycles. The minimum atomic E-state index is -2.70. The molecule has 0 aliphatic rings. The SMILES string of the molecule is [2H]C([2H])([2H])Oc1cc(N(C)CCN(C)C)c(N)cc1Nc1nccc(-c2cn(C([2H])([2H])[2H])c3ccccc23)n1. The van der Waals surface area contributed by atoms with Crippen LogP contribution in [0.15, 0.2) is 54.9 Å². The number of nitrogen functional groups attached to an aromatic ring is 1. The lowest BCUT2D eigenvalue weighted by Crippen LogP contribution is -2.29. The Kier molecular flexibility index (Phi) is 4.53. The van der Waals surface area contributed by atoms with Crippen LogP contribution < -0.4 is 20.7 Å². The van der Waals surface area contributed by atoms with E-state index in [4.69, 9.17) is 18.7 Å². The Morgan fingerprint density at radius 1 is 1.15 bits per heavy atom. The van der Waals surface area contributed by atoms with Crippen LogP contribution in [0.1, 0.15) is 8.22 Å². The molecule has 8 nitrogen and oxygen atoms in total. The van der Waals surface area contributed by atoms with Gasteiger partial charge in [0.15, 0.2) is 0 Å². The van der Waals surface area contributed by atoms with E-state index >= 15 is 0 Å². The molecular weight excluding hydrogens is 414 g/mol. The highest BCUT2D eigenvalue weighted by molar-refractivity contribution is 5.95. The maximum Gasteiger partial charge on any atom is 0.227 e.